The smallest absolute Gasteiger partial charge is 0.258 e. The summed E-state index contributed by atoms with van der Waals surface area (Å²) in [5.74, 6) is -3.34. The van der Waals surface area contributed by atoms with Crippen molar-refractivity contribution in [3.8, 4) is 0 Å². The van der Waals surface area contributed by atoms with Crippen LogP contribution in [0.5, 0.6) is 0 Å². The van der Waals surface area contributed by atoms with Gasteiger partial charge < -0.3 is 10.2 Å². The molecule has 0 spiro atoms. The molecule has 1 unspecified atom stereocenters. The number of carbonyl (C=O) groups is 2. The Bertz CT molecular complexity index is 1090. The second-order valence-corrected chi connectivity index (χ2v) is 9.39. The predicted octanol–water partition coefficient (Wildman–Crippen LogP) is 4.89. The van der Waals surface area contributed by atoms with Gasteiger partial charge in [0, 0.05) is 43.8 Å². The Kier molecular flexibility index (Phi) is 7.26. The molecule has 0 radical (unpaired) electrons. The van der Waals surface area contributed by atoms with E-state index in [9.17, 15) is 22.8 Å². The van der Waals surface area contributed by atoms with Crippen LogP contribution in [-0.4, -0.2) is 47.3 Å². The molecular formula is C26H30F3N3O2. The number of hydrogen-bond donors (Lipinski definition) is 1. The number of benzene rings is 2. The lowest BCUT2D eigenvalue weighted by atomic mass is 10.0. The average molecular weight is 474 g/mol. The molecular weight excluding hydrogens is 443 g/mol. The minimum absolute atomic E-state index is 0.0610. The summed E-state index contributed by atoms with van der Waals surface area (Å²) in [7, 11) is 0. The number of halogens is 3. The van der Waals surface area contributed by atoms with Crippen LogP contribution in [0.2, 0.25) is 0 Å². The Morgan fingerprint density at radius 2 is 1.82 bits per heavy atom. The van der Waals surface area contributed by atoms with E-state index in [1.54, 1.807) is 6.92 Å². The second kappa shape index (κ2) is 10.2. The number of rotatable bonds is 5. The van der Waals surface area contributed by atoms with Crippen LogP contribution in [0, 0.1) is 30.3 Å². The van der Waals surface area contributed by atoms with Gasteiger partial charge in [-0.25, -0.2) is 13.2 Å². The lowest BCUT2D eigenvalue weighted by Crippen LogP contribution is -2.54. The van der Waals surface area contributed by atoms with E-state index in [1.807, 2.05) is 11.8 Å². The van der Waals surface area contributed by atoms with Gasteiger partial charge in [0.15, 0.2) is 11.6 Å². The van der Waals surface area contributed by atoms with Gasteiger partial charge in [0.25, 0.3) is 5.91 Å². The minimum atomic E-state index is -1.24. The van der Waals surface area contributed by atoms with Gasteiger partial charge in [-0.2, -0.15) is 0 Å². The molecule has 1 atom stereocenters. The van der Waals surface area contributed by atoms with Gasteiger partial charge in [-0.15, -0.1) is 0 Å². The number of anilines is 1. The standard InChI is InChI=1S/C26H30F3N3O2/c1-16-14-31(10-11-32(16)26(34)18-6-3-4-7-18)15-19-12-20(27)13-23(17(19)2)30-25(33)21-8-5-9-22(28)24(21)29/h5,8-9,12-13,16,18H,3-4,6-7,10-11,14-15H2,1-2H3,(H,30,33). The van der Waals surface area contributed by atoms with Crippen LogP contribution in [-0.2, 0) is 11.3 Å². The Morgan fingerprint density at radius 3 is 2.53 bits per heavy atom. The van der Waals surface area contributed by atoms with Gasteiger partial charge in [0.05, 0.1) is 5.56 Å². The summed E-state index contributed by atoms with van der Waals surface area (Å²) in [5.41, 5.74) is 1.12. The van der Waals surface area contributed by atoms with Crippen molar-refractivity contribution >= 4 is 17.5 Å². The monoisotopic (exact) mass is 473 g/mol. The number of hydrogen-bond acceptors (Lipinski definition) is 3. The van der Waals surface area contributed by atoms with Gasteiger partial charge in [-0.3, -0.25) is 14.5 Å². The molecule has 2 aromatic rings. The highest BCUT2D eigenvalue weighted by Crippen LogP contribution is 2.29. The quantitative estimate of drug-likeness (QED) is 0.673. The summed E-state index contributed by atoms with van der Waals surface area (Å²) in [6, 6.07) is 6.01. The Balaban J connectivity index is 1.44. The normalized spacial score (nSPS) is 19.4. The van der Waals surface area contributed by atoms with E-state index < -0.39 is 28.9 Å². The van der Waals surface area contributed by atoms with Gasteiger partial charge in [0.1, 0.15) is 5.82 Å². The van der Waals surface area contributed by atoms with Crippen LogP contribution in [0.4, 0.5) is 18.9 Å². The Morgan fingerprint density at radius 1 is 1.09 bits per heavy atom. The maximum atomic E-state index is 14.4. The average Bonchev–Trinajstić information content (AvgIpc) is 3.33. The summed E-state index contributed by atoms with van der Waals surface area (Å²) in [5, 5.41) is 2.52. The number of amides is 2. The van der Waals surface area contributed by atoms with Crippen LogP contribution < -0.4 is 5.32 Å². The molecule has 1 N–H and O–H groups in total. The van der Waals surface area contributed by atoms with Crippen molar-refractivity contribution in [1.82, 2.24) is 9.80 Å². The van der Waals surface area contributed by atoms with E-state index in [-0.39, 0.29) is 23.6 Å². The van der Waals surface area contributed by atoms with Crippen molar-refractivity contribution in [3.63, 3.8) is 0 Å². The third kappa shape index (κ3) is 5.12. The zero-order valence-corrected chi connectivity index (χ0v) is 19.5. The van der Waals surface area contributed by atoms with Crippen molar-refractivity contribution in [2.24, 2.45) is 5.92 Å². The molecule has 0 bridgehead atoms. The predicted molar refractivity (Wildman–Crippen MR) is 124 cm³/mol. The van der Waals surface area contributed by atoms with E-state index in [0.29, 0.717) is 37.3 Å². The molecule has 1 aliphatic heterocycles. The van der Waals surface area contributed by atoms with Crippen LogP contribution in [0.25, 0.3) is 0 Å². The molecule has 1 saturated heterocycles. The maximum Gasteiger partial charge on any atom is 0.258 e. The lowest BCUT2D eigenvalue weighted by molar-refractivity contribution is -0.140. The number of nitrogens with one attached hydrogen (secondary N) is 1. The van der Waals surface area contributed by atoms with Crippen molar-refractivity contribution in [2.75, 3.05) is 25.0 Å². The SMILES string of the molecule is Cc1c(CN2CCN(C(=O)C3CCCC3)C(C)C2)cc(F)cc1NC(=O)c1cccc(F)c1F. The first-order valence-electron chi connectivity index (χ1n) is 11.8. The van der Waals surface area contributed by atoms with E-state index in [0.717, 1.165) is 31.7 Å². The third-order valence-electron chi connectivity index (χ3n) is 7.02. The maximum absolute atomic E-state index is 14.4. The molecule has 1 saturated carbocycles. The zero-order chi connectivity index (χ0) is 24.4. The highest BCUT2D eigenvalue weighted by molar-refractivity contribution is 6.04. The summed E-state index contributed by atoms with van der Waals surface area (Å²) in [4.78, 5) is 29.5. The van der Waals surface area contributed by atoms with Gasteiger partial charge in [0.2, 0.25) is 5.91 Å². The molecule has 2 amide bonds. The van der Waals surface area contributed by atoms with Gasteiger partial charge in [-0.05, 0) is 62.1 Å². The Hall–Kier alpha value is -2.87. The molecule has 5 nitrogen and oxygen atoms in total. The first-order valence-corrected chi connectivity index (χ1v) is 11.8. The Labute approximate surface area is 197 Å². The summed E-state index contributed by atoms with van der Waals surface area (Å²) in [6.07, 6.45) is 4.19. The molecule has 1 heterocycles. The van der Waals surface area contributed by atoms with Crippen LogP contribution >= 0.6 is 0 Å². The fourth-order valence-electron chi connectivity index (χ4n) is 5.05. The fourth-order valence-corrected chi connectivity index (χ4v) is 5.05. The van der Waals surface area contributed by atoms with E-state index in [4.69, 9.17) is 0 Å². The summed E-state index contributed by atoms with van der Waals surface area (Å²) in [6.45, 7) is 6.23. The van der Waals surface area contributed by atoms with E-state index in [1.165, 1.54) is 24.3 Å². The summed E-state index contributed by atoms with van der Waals surface area (Å²) < 4.78 is 41.9. The van der Waals surface area contributed by atoms with Gasteiger partial charge in [-0.1, -0.05) is 18.9 Å². The highest BCUT2D eigenvalue weighted by Gasteiger charge is 2.33. The van der Waals surface area contributed by atoms with Crippen LogP contribution in [0.1, 0.15) is 54.1 Å². The largest absolute Gasteiger partial charge is 0.337 e. The fraction of sp³-hybridized carbons (Fsp3) is 0.462. The third-order valence-corrected chi connectivity index (χ3v) is 7.02. The van der Waals surface area contributed by atoms with Crippen LogP contribution in [0.3, 0.4) is 0 Å². The highest BCUT2D eigenvalue weighted by atomic mass is 19.2. The molecule has 0 aromatic heterocycles. The van der Waals surface area contributed by atoms with Crippen molar-refractivity contribution in [3.05, 3.63) is 64.5 Å². The molecule has 2 aromatic carbocycles. The second-order valence-electron chi connectivity index (χ2n) is 9.39. The van der Waals surface area contributed by atoms with Gasteiger partial charge >= 0.3 is 0 Å². The number of nitrogens with zero attached hydrogens (tertiary/aromatic N) is 2. The van der Waals surface area contributed by atoms with Crippen molar-refractivity contribution in [2.45, 2.75) is 52.1 Å². The first-order chi connectivity index (χ1) is 16.2. The molecule has 2 fully saturated rings. The zero-order valence-electron chi connectivity index (χ0n) is 19.5. The minimum Gasteiger partial charge on any atom is -0.337 e. The number of piperazine rings is 1. The molecule has 34 heavy (non-hydrogen) atoms. The molecule has 2 aliphatic rings. The molecule has 8 heteroatoms. The summed E-state index contributed by atoms with van der Waals surface area (Å²) >= 11 is 0. The lowest BCUT2D eigenvalue weighted by Gasteiger charge is -2.41. The van der Waals surface area contributed by atoms with Crippen LogP contribution in [0.15, 0.2) is 30.3 Å². The van der Waals surface area contributed by atoms with Crippen molar-refractivity contribution in [1.29, 1.82) is 0 Å². The molecule has 4 rings (SSSR count). The molecule has 182 valence electrons. The van der Waals surface area contributed by atoms with E-state index >= 15 is 0 Å². The number of carbonyl (C=O) groups excluding carboxylic acids is 2. The first kappa shape index (κ1) is 24.3. The van der Waals surface area contributed by atoms with E-state index in [2.05, 4.69) is 10.2 Å². The van der Waals surface area contributed by atoms with Crippen molar-refractivity contribution < 1.29 is 22.8 Å². The topological polar surface area (TPSA) is 52.6 Å². The molecule has 1 aliphatic carbocycles.